The summed E-state index contributed by atoms with van der Waals surface area (Å²) in [6.07, 6.45) is -0.0113. The molecule has 6 heteroatoms. The zero-order chi connectivity index (χ0) is 17.1. The van der Waals surface area contributed by atoms with Crippen LogP contribution < -0.4 is 10.2 Å². The number of amides is 2. The molecule has 1 N–H and O–H groups in total. The molecule has 0 aromatic heterocycles. The van der Waals surface area contributed by atoms with Gasteiger partial charge in [-0.05, 0) is 36.4 Å². The van der Waals surface area contributed by atoms with Gasteiger partial charge in [0.2, 0.25) is 11.8 Å². The molecule has 0 atom stereocenters. The number of anilines is 2. The number of nitrogens with zero attached hydrogens (tertiary/aromatic N) is 1. The second kappa shape index (κ2) is 6.62. The number of rotatable bonds is 4. The number of para-hydroxylation sites is 2. The Morgan fingerprint density at radius 3 is 2.50 bits per heavy atom. The van der Waals surface area contributed by atoms with E-state index in [0.717, 1.165) is 0 Å². The predicted octanol–water partition coefficient (Wildman–Crippen LogP) is 2.77. The second-order valence-electron chi connectivity index (χ2n) is 5.48. The number of ketones is 1. The second-order valence-corrected chi connectivity index (χ2v) is 5.48. The van der Waals surface area contributed by atoms with Crippen LogP contribution >= 0.6 is 0 Å². The number of hydrogen-bond donors (Lipinski definition) is 1. The minimum Gasteiger partial charge on any atom is -0.323 e. The summed E-state index contributed by atoms with van der Waals surface area (Å²) in [5, 5.41) is 2.71. The number of hydrogen-bond acceptors (Lipinski definition) is 3. The molecule has 0 saturated carbocycles. The van der Waals surface area contributed by atoms with E-state index < -0.39 is 5.82 Å². The van der Waals surface area contributed by atoms with Gasteiger partial charge in [-0.2, -0.15) is 0 Å². The molecule has 1 aliphatic rings. The lowest BCUT2D eigenvalue weighted by Gasteiger charge is -2.29. The molecule has 1 heterocycles. The Balaban J connectivity index is 1.68. The van der Waals surface area contributed by atoms with Gasteiger partial charge in [-0.15, -0.1) is 0 Å². The molecule has 0 radical (unpaired) electrons. The van der Waals surface area contributed by atoms with E-state index in [2.05, 4.69) is 5.32 Å². The molecular weight excluding hydrogens is 311 g/mol. The van der Waals surface area contributed by atoms with E-state index in [4.69, 9.17) is 0 Å². The molecule has 0 saturated heterocycles. The summed E-state index contributed by atoms with van der Waals surface area (Å²) in [6, 6.07) is 12.2. The Labute approximate surface area is 138 Å². The molecule has 0 spiro atoms. The SMILES string of the molecule is O=C1CN(C(=O)CCC(=O)c2ccc(F)cc2)c2ccccc2N1. The Bertz CT molecular complexity index is 802. The number of carbonyl (C=O) groups excluding carboxylic acids is 3. The lowest BCUT2D eigenvalue weighted by Crippen LogP contribution is -2.42. The average Bonchev–Trinajstić information content (AvgIpc) is 2.59. The van der Waals surface area contributed by atoms with Crippen LogP contribution in [0.2, 0.25) is 0 Å². The molecule has 0 fully saturated rings. The zero-order valence-corrected chi connectivity index (χ0v) is 12.8. The van der Waals surface area contributed by atoms with Crippen LogP contribution in [0.25, 0.3) is 0 Å². The standard InChI is InChI=1S/C18H15FN2O3/c19-13-7-5-12(6-8-13)16(22)9-10-18(24)21-11-17(23)20-14-3-1-2-4-15(14)21/h1-8H,9-11H2,(H,20,23). The Morgan fingerprint density at radius 1 is 1.04 bits per heavy atom. The minimum atomic E-state index is -0.418. The van der Waals surface area contributed by atoms with Crippen molar-refractivity contribution in [1.29, 1.82) is 0 Å². The summed E-state index contributed by atoms with van der Waals surface area (Å²) in [5.74, 6) is -1.23. The van der Waals surface area contributed by atoms with Crippen molar-refractivity contribution in [2.75, 3.05) is 16.8 Å². The summed E-state index contributed by atoms with van der Waals surface area (Å²) < 4.78 is 12.9. The van der Waals surface area contributed by atoms with Gasteiger partial charge < -0.3 is 10.2 Å². The third-order valence-electron chi connectivity index (χ3n) is 3.80. The van der Waals surface area contributed by atoms with Gasteiger partial charge in [-0.25, -0.2) is 4.39 Å². The van der Waals surface area contributed by atoms with Crippen molar-refractivity contribution in [3.8, 4) is 0 Å². The summed E-state index contributed by atoms with van der Waals surface area (Å²) in [4.78, 5) is 37.6. The van der Waals surface area contributed by atoms with Crippen molar-refractivity contribution >= 4 is 29.0 Å². The van der Waals surface area contributed by atoms with Gasteiger partial charge in [0.1, 0.15) is 12.4 Å². The van der Waals surface area contributed by atoms with Crippen LogP contribution in [0.3, 0.4) is 0 Å². The topological polar surface area (TPSA) is 66.5 Å². The molecule has 0 bridgehead atoms. The largest absolute Gasteiger partial charge is 0.323 e. The highest BCUT2D eigenvalue weighted by molar-refractivity contribution is 6.10. The van der Waals surface area contributed by atoms with Crippen LogP contribution in [0, 0.1) is 5.82 Å². The van der Waals surface area contributed by atoms with Gasteiger partial charge in [-0.1, -0.05) is 12.1 Å². The molecule has 0 unspecified atom stereocenters. The van der Waals surface area contributed by atoms with E-state index in [0.29, 0.717) is 16.9 Å². The number of benzene rings is 2. The molecular formula is C18H15FN2O3. The van der Waals surface area contributed by atoms with Crippen molar-refractivity contribution < 1.29 is 18.8 Å². The zero-order valence-electron chi connectivity index (χ0n) is 12.8. The van der Waals surface area contributed by atoms with Gasteiger partial charge in [-0.3, -0.25) is 14.4 Å². The van der Waals surface area contributed by atoms with Gasteiger partial charge in [0, 0.05) is 18.4 Å². The van der Waals surface area contributed by atoms with E-state index in [1.54, 1.807) is 24.3 Å². The van der Waals surface area contributed by atoms with Gasteiger partial charge in [0.25, 0.3) is 0 Å². The first-order valence-corrected chi connectivity index (χ1v) is 7.52. The highest BCUT2D eigenvalue weighted by Crippen LogP contribution is 2.29. The summed E-state index contributed by atoms with van der Waals surface area (Å²) in [6.45, 7) is -0.0689. The Kier molecular flexibility index (Phi) is 4.37. The van der Waals surface area contributed by atoms with Crippen LogP contribution in [-0.4, -0.2) is 24.1 Å². The van der Waals surface area contributed by atoms with Crippen LogP contribution in [0.5, 0.6) is 0 Å². The van der Waals surface area contributed by atoms with Crippen LogP contribution in [0.1, 0.15) is 23.2 Å². The lowest BCUT2D eigenvalue weighted by molar-refractivity contribution is -0.121. The summed E-state index contributed by atoms with van der Waals surface area (Å²) in [7, 11) is 0. The number of halogens is 1. The molecule has 3 rings (SSSR count). The minimum absolute atomic E-state index is 0.00471. The van der Waals surface area contributed by atoms with Crippen molar-refractivity contribution in [2.45, 2.75) is 12.8 Å². The van der Waals surface area contributed by atoms with Crippen molar-refractivity contribution in [1.82, 2.24) is 0 Å². The number of carbonyl (C=O) groups is 3. The molecule has 1 aliphatic heterocycles. The first-order chi connectivity index (χ1) is 11.5. The van der Waals surface area contributed by atoms with Crippen molar-refractivity contribution in [3.05, 3.63) is 59.9 Å². The van der Waals surface area contributed by atoms with Gasteiger partial charge >= 0.3 is 0 Å². The maximum Gasteiger partial charge on any atom is 0.244 e. The highest BCUT2D eigenvalue weighted by atomic mass is 19.1. The first-order valence-electron chi connectivity index (χ1n) is 7.52. The molecule has 2 aromatic carbocycles. The van der Waals surface area contributed by atoms with E-state index in [1.807, 2.05) is 0 Å². The summed E-state index contributed by atoms with van der Waals surface area (Å²) >= 11 is 0. The van der Waals surface area contributed by atoms with E-state index >= 15 is 0 Å². The monoisotopic (exact) mass is 326 g/mol. The number of fused-ring (bicyclic) bond motifs is 1. The first kappa shape index (κ1) is 15.9. The molecule has 2 aromatic rings. The van der Waals surface area contributed by atoms with E-state index in [1.165, 1.54) is 29.2 Å². The molecule has 2 amide bonds. The normalized spacial score (nSPS) is 13.2. The lowest BCUT2D eigenvalue weighted by atomic mass is 10.1. The molecule has 122 valence electrons. The predicted molar refractivity (Wildman–Crippen MR) is 87.4 cm³/mol. The fourth-order valence-electron chi connectivity index (χ4n) is 2.59. The number of nitrogens with one attached hydrogen (secondary N) is 1. The third-order valence-corrected chi connectivity index (χ3v) is 3.80. The maximum atomic E-state index is 12.9. The third kappa shape index (κ3) is 3.32. The fraction of sp³-hybridized carbons (Fsp3) is 0.167. The maximum absolute atomic E-state index is 12.9. The fourth-order valence-corrected chi connectivity index (χ4v) is 2.59. The smallest absolute Gasteiger partial charge is 0.244 e. The van der Waals surface area contributed by atoms with Crippen LogP contribution in [0.4, 0.5) is 15.8 Å². The van der Waals surface area contributed by atoms with Gasteiger partial charge in [0.15, 0.2) is 5.78 Å². The summed E-state index contributed by atoms with van der Waals surface area (Å²) in [5.41, 5.74) is 1.56. The van der Waals surface area contributed by atoms with Crippen molar-refractivity contribution in [2.24, 2.45) is 0 Å². The van der Waals surface area contributed by atoms with E-state index in [-0.39, 0.29) is 37.0 Å². The van der Waals surface area contributed by atoms with Crippen LogP contribution in [0.15, 0.2) is 48.5 Å². The van der Waals surface area contributed by atoms with Crippen LogP contribution in [-0.2, 0) is 9.59 Å². The van der Waals surface area contributed by atoms with E-state index in [9.17, 15) is 18.8 Å². The molecule has 24 heavy (non-hydrogen) atoms. The quantitative estimate of drug-likeness (QED) is 0.879. The highest BCUT2D eigenvalue weighted by Gasteiger charge is 2.26. The van der Waals surface area contributed by atoms with Gasteiger partial charge in [0.05, 0.1) is 11.4 Å². The van der Waals surface area contributed by atoms with Crippen molar-refractivity contribution in [3.63, 3.8) is 0 Å². The number of Topliss-reactive ketones (excluding diaryl/α,β-unsaturated/α-hetero) is 1. The molecule has 5 nitrogen and oxygen atoms in total. The average molecular weight is 326 g/mol. The Morgan fingerprint density at radius 2 is 1.75 bits per heavy atom. The Hall–Kier alpha value is -3.02. The molecule has 0 aliphatic carbocycles.